The average molecular weight is 232 g/mol. The molecule has 0 aromatic heterocycles. The molecule has 1 N–H and O–H groups in total. The van der Waals surface area contributed by atoms with Gasteiger partial charge < -0.3 is 5.11 Å². The Kier molecular flexibility index (Phi) is 4.25. The summed E-state index contributed by atoms with van der Waals surface area (Å²) < 4.78 is 0. The van der Waals surface area contributed by atoms with Crippen molar-refractivity contribution in [3.05, 3.63) is 60.2 Å². The predicted octanol–water partition coefficient (Wildman–Crippen LogP) is 2.99. The molecule has 2 rings (SSSR count). The molecule has 84 valence electrons. The van der Waals surface area contributed by atoms with Crippen molar-refractivity contribution < 1.29 is 5.11 Å². The van der Waals surface area contributed by atoms with Gasteiger partial charge in [-0.15, -0.1) is 0 Å². The van der Waals surface area contributed by atoms with Gasteiger partial charge >= 0.3 is 0 Å². The third kappa shape index (κ3) is 2.77. The standard InChI is InChI=1S/C14H16OS/c15-10-11-16-14-9-5-4-8-13(14)12-6-2-1-3-7-12/h1-9,13-15H,10-11H2/t13-,14-/m0/s1. The van der Waals surface area contributed by atoms with E-state index < -0.39 is 0 Å². The van der Waals surface area contributed by atoms with E-state index in [0.29, 0.717) is 11.2 Å². The molecule has 0 spiro atoms. The number of hydrogen-bond donors (Lipinski definition) is 1. The van der Waals surface area contributed by atoms with Gasteiger partial charge in [-0.3, -0.25) is 0 Å². The Labute approximate surface area is 101 Å². The highest BCUT2D eigenvalue weighted by Crippen LogP contribution is 2.33. The van der Waals surface area contributed by atoms with Crippen LogP contribution in [-0.2, 0) is 0 Å². The molecule has 1 aromatic carbocycles. The summed E-state index contributed by atoms with van der Waals surface area (Å²) in [5.74, 6) is 1.23. The first-order valence-electron chi connectivity index (χ1n) is 5.54. The summed E-state index contributed by atoms with van der Waals surface area (Å²) in [7, 11) is 0. The van der Waals surface area contributed by atoms with E-state index in [-0.39, 0.29) is 6.61 Å². The third-order valence-corrected chi connectivity index (χ3v) is 3.92. The van der Waals surface area contributed by atoms with E-state index in [1.807, 2.05) is 17.8 Å². The molecule has 0 saturated carbocycles. The number of allylic oxidation sites excluding steroid dienone is 3. The van der Waals surface area contributed by atoms with E-state index in [4.69, 9.17) is 5.11 Å². The number of benzene rings is 1. The van der Waals surface area contributed by atoms with Crippen LogP contribution in [-0.4, -0.2) is 22.7 Å². The Morgan fingerprint density at radius 3 is 2.56 bits per heavy atom. The maximum absolute atomic E-state index is 8.89. The first kappa shape index (κ1) is 11.5. The van der Waals surface area contributed by atoms with Gasteiger partial charge in [0.1, 0.15) is 0 Å². The molecule has 0 saturated heterocycles. The number of aliphatic hydroxyl groups is 1. The second kappa shape index (κ2) is 5.92. The van der Waals surface area contributed by atoms with Crippen LogP contribution in [0.25, 0.3) is 0 Å². The van der Waals surface area contributed by atoms with E-state index in [0.717, 1.165) is 5.75 Å². The summed E-state index contributed by atoms with van der Waals surface area (Å²) in [4.78, 5) is 0. The fourth-order valence-electron chi connectivity index (χ4n) is 1.91. The molecule has 0 radical (unpaired) electrons. The smallest absolute Gasteiger partial charge is 0.0521 e. The van der Waals surface area contributed by atoms with Crippen LogP contribution >= 0.6 is 11.8 Å². The Morgan fingerprint density at radius 1 is 1.06 bits per heavy atom. The Balaban J connectivity index is 2.12. The zero-order valence-corrected chi connectivity index (χ0v) is 9.94. The highest BCUT2D eigenvalue weighted by Gasteiger charge is 2.20. The summed E-state index contributed by atoms with van der Waals surface area (Å²) in [5.41, 5.74) is 1.35. The van der Waals surface area contributed by atoms with Crippen molar-refractivity contribution in [2.24, 2.45) is 0 Å². The highest BCUT2D eigenvalue weighted by atomic mass is 32.2. The molecule has 2 atom stereocenters. The molecular formula is C14H16OS. The fourth-order valence-corrected chi connectivity index (χ4v) is 2.95. The molecule has 2 heteroatoms. The minimum Gasteiger partial charge on any atom is -0.396 e. The molecule has 16 heavy (non-hydrogen) atoms. The topological polar surface area (TPSA) is 20.2 Å². The lowest BCUT2D eigenvalue weighted by Crippen LogP contribution is -2.14. The lowest BCUT2D eigenvalue weighted by Gasteiger charge is -2.23. The van der Waals surface area contributed by atoms with Crippen LogP contribution in [0.4, 0.5) is 0 Å². The largest absolute Gasteiger partial charge is 0.396 e. The number of rotatable bonds is 4. The van der Waals surface area contributed by atoms with Crippen LogP contribution in [0.3, 0.4) is 0 Å². The van der Waals surface area contributed by atoms with Gasteiger partial charge in [0.2, 0.25) is 0 Å². The third-order valence-electron chi connectivity index (χ3n) is 2.67. The Bertz CT molecular complexity index is 370. The van der Waals surface area contributed by atoms with Gasteiger partial charge in [-0.25, -0.2) is 0 Å². The van der Waals surface area contributed by atoms with Crippen molar-refractivity contribution in [3.8, 4) is 0 Å². The molecule has 0 bridgehead atoms. The normalized spacial score (nSPS) is 23.6. The Hall–Kier alpha value is -0.990. The van der Waals surface area contributed by atoms with Gasteiger partial charge in [0.15, 0.2) is 0 Å². The van der Waals surface area contributed by atoms with E-state index in [1.165, 1.54) is 5.56 Å². The summed E-state index contributed by atoms with van der Waals surface area (Å²) in [6.07, 6.45) is 8.66. The fraction of sp³-hybridized carbons (Fsp3) is 0.286. The maximum atomic E-state index is 8.89. The second-order valence-electron chi connectivity index (χ2n) is 3.77. The van der Waals surface area contributed by atoms with Crippen LogP contribution < -0.4 is 0 Å². The lowest BCUT2D eigenvalue weighted by molar-refractivity contribution is 0.322. The number of hydrogen-bond acceptors (Lipinski definition) is 2. The molecule has 1 aromatic rings. The van der Waals surface area contributed by atoms with Gasteiger partial charge in [-0.05, 0) is 5.56 Å². The second-order valence-corrected chi connectivity index (χ2v) is 5.05. The molecule has 0 amide bonds. The van der Waals surface area contributed by atoms with Crippen molar-refractivity contribution >= 4 is 11.8 Å². The quantitative estimate of drug-likeness (QED) is 0.861. The molecular weight excluding hydrogens is 216 g/mol. The molecule has 0 fully saturated rings. The van der Waals surface area contributed by atoms with Crippen molar-refractivity contribution in [1.82, 2.24) is 0 Å². The zero-order chi connectivity index (χ0) is 11.2. The van der Waals surface area contributed by atoms with Crippen LogP contribution in [0.5, 0.6) is 0 Å². The zero-order valence-electron chi connectivity index (χ0n) is 9.12. The maximum Gasteiger partial charge on any atom is 0.0521 e. The average Bonchev–Trinajstić information content (AvgIpc) is 2.38. The monoisotopic (exact) mass is 232 g/mol. The van der Waals surface area contributed by atoms with Crippen molar-refractivity contribution in [3.63, 3.8) is 0 Å². The number of aliphatic hydroxyl groups excluding tert-OH is 1. The van der Waals surface area contributed by atoms with Gasteiger partial charge in [-0.2, -0.15) is 11.8 Å². The summed E-state index contributed by atoms with van der Waals surface area (Å²) in [5, 5.41) is 9.33. The molecule has 0 unspecified atom stereocenters. The SMILES string of the molecule is OCCS[C@H]1C=CC=C[C@H]1c1ccccc1. The molecule has 1 aliphatic carbocycles. The van der Waals surface area contributed by atoms with E-state index in [9.17, 15) is 0 Å². The van der Waals surface area contributed by atoms with Crippen molar-refractivity contribution in [2.75, 3.05) is 12.4 Å². The predicted molar refractivity (Wildman–Crippen MR) is 70.8 cm³/mol. The van der Waals surface area contributed by atoms with Crippen LogP contribution in [0, 0.1) is 0 Å². The summed E-state index contributed by atoms with van der Waals surface area (Å²) in [6, 6.07) is 10.5. The molecule has 1 nitrogen and oxygen atoms in total. The number of thioether (sulfide) groups is 1. The molecule has 0 heterocycles. The van der Waals surface area contributed by atoms with Gasteiger partial charge in [-0.1, -0.05) is 54.6 Å². The first-order valence-corrected chi connectivity index (χ1v) is 6.59. The minimum absolute atomic E-state index is 0.250. The van der Waals surface area contributed by atoms with E-state index in [2.05, 4.69) is 48.6 Å². The van der Waals surface area contributed by atoms with Gasteiger partial charge in [0.05, 0.1) is 6.61 Å². The van der Waals surface area contributed by atoms with Crippen LogP contribution in [0.2, 0.25) is 0 Å². The van der Waals surface area contributed by atoms with Gasteiger partial charge in [0.25, 0.3) is 0 Å². The van der Waals surface area contributed by atoms with E-state index in [1.54, 1.807) is 0 Å². The van der Waals surface area contributed by atoms with Crippen LogP contribution in [0.15, 0.2) is 54.6 Å². The minimum atomic E-state index is 0.250. The highest BCUT2D eigenvalue weighted by molar-refractivity contribution is 8.00. The lowest BCUT2D eigenvalue weighted by atomic mass is 9.92. The summed E-state index contributed by atoms with van der Waals surface area (Å²) >= 11 is 1.81. The molecule has 0 aliphatic heterocycles. The van der Waals surface area contributed by atoms with Crippen molar-refractivity contribution in [1.29, 1.82) is 0 Å². The van der Waals surface area contributed by atoms with Crippen molar-refractivity contribution in [2.45, 2.75) is 11.2 Å². The molecule has 1 aliphatic rings. The summed E-state index contributed by atoms with van der Waals surface area (Å²) in [6.45, 7) is 0.250. The van der Waals surface area contributed by atoms with E-state index >= 15 is 0 Å². The van der Waals surface area contributed by atoms with Gasteiger partial charge in [0, 0.05) is 16.9 Å². The van der Waals surface area contributed by atoms with Crippen LogP contribution in [0.1, 0.15) is 11.5 Å². The Morgan fingerprint density at radius 2 is 1.81 bits per heavy atom. The first-order chi connectivity index (χ1) is 7.92.